The number of nitrogens with zero attached hydrogens (tertiary/aromatic N) is 1. The number of rotatable bonds is 3. The molecule has 5 heteroatoms. The van der Waals surface area contributed by atoms with E-state index in [9.17, 15) is 14.7 Å². The Bertz CT molecular complexity index is 210. The smallest absolute Gasteiger partial charge is 0.254 e. The molecule has 1 saturated heterocycles. The summed E-state index contributed by atoms with van der Waals surface area (Å²) >= 11 is 0. The van der Waals surface area contributed by atoms with Gasteiger partial charge in [-0.25, -0.2) is 4.84 Å². The second-order valence-electron chi connectivity index (χ2n) is 3.32. The average Bonchev–Trinajstić information content (AvgIpc) is 2.35. The Kier molecular flexibility index (Phi) is 3.00. The summed E-state index contributed by atoms with van der Waals surface area (Å²) in [5.41, 5.74) is 0. The SMILES string of the molecule is CC(C)C(O)ON1C(=O)CCC1=O. The lowest BCUT2D eigenvalue weighted by atomic mass is 10.2. The first-order chi connectivity index (χ1) is 6.02. The maximum absolute atomic E-state index is 11.0. The molecule has 74 valence electrons. The summed E-state index contributed by atoms with van der Waals surface area (Å²) in [7, 11) is 0. The number of imide groups is 1. The van der Waals surface area contributed by atoms with Crippen LogP contribution in [0, 0.1) is 5.92 Å². The number of hydroxylamine groups is 2. The second-order valence-corrected chi connectivity index (χ2v) is 3.32. The maximum Gasteiger partial charge on any atom is 0.254 e. The molecular weight excluding hydrogens is 174 g/mol. The molecule has 1 aliphatic rings. The number of aliphatic hydroxyl groups excluding tert-OH is 1. The van der Waals surface area contributed by atoms with Crippen molar-refractivity contribution in [3.63, 3.8) is 0 Å². The fourth-order valence-electron chi connectivity index (χ4n) is 0.903. The molecule has 0 spiro atoms. The van der Waals surface area contributed by atoms with Gasteiger partial charge in [-0.2, -0.15) is 5.06 Å². The monoisotopic (exact) mass is 187 g/mol. The minimum Gasteiger partial charge on any atom is -0.366 e. The van der Waals surface area contributed by atoms with Gasteiger partial charge in [0.15, 0.2) is 6.29 Å². The predicted octanol–water partition coefficient (Wildman–Crippen LogP) is 0.0414. The third kappa shape index (κ3) is 2.26. The highest BCUT2D eigenvalue weighted by Gasteiger charge is 2.32. The van der Waals surface area contributed by atoms with Crippen molar-refractivity contribution in [3.8, 4) is 0 Å². The topological polar surface area (TPSA) is 66.8 Å². The summed E-state index contributed by atoms with van der Waals surface area (Å²) in [6.07, 6.45) is -0.765. The summed E-state index contributed by atoms with van der Waals surface area (Å²) in [4.78, 5) is 26.8. The molecule has 0 aromatic rings. The lowest BCUT2D eigenvalue weighted by molar-refractivity contribution is -0.255. The van der Waals surface area contributed by atoms with Gasteiger partial charge in [-0.15, -0.1) is 0 Å². The summed E-state index contributed by atoms with van der Waals surface area (Å²) in [5, 5.41) is 9.91. The minimum absolute atomic E-state index is 0.152. The van der Waals surface area contributed by atoms with Crippen molar-refractivity contribution >= 4 is 11.8 Å². The number of carbonyl (C=O) groups excluding carboxylic acids is 2. The van der Waals surface area contributed by atoms with Crippen LogP contribution in [0.4, 0.5) is 0 Å². The van der Waals surface area contributed by atoms with Crippen molar-refractivity contribution in [1.82, 2.24) is 5.06 Å². The molecule has 0 bridgehead atoms. The highest BCUT2D eigenvalue weighted by atomic mass is 16.8. The standard InChI is InChI=1S/C8H13NO4/c1-5(2)8(12)13-9-6(10)3-4-7(9)11/h5,8,12H,3-4H2,1-2H3. The molecular formula is C8H13NO4. The van der Waals surface area contributed by atoms with E-state index in [0.29, 0.717) is 5.06 Å². The van der Waals surface area contributed by atoms with E-state index in [0.717, 1.165) is 0 Å². The van der Waals surface area contributed by atoms with Crippen LogP contribution in [0.1, 0.15) is 26.7 Å². The van der Waals surface area contributed by atoms with Crippen molar-refractivity contribution in [2.24, 2.45) is 5.92 Å². The summed E-state index contributed by atoms with van der Waals surface area (Å²) in [6.45, 7) is 3.46. The van der Waals surface area contributed by atoms with E-state index in [-0.39, 0.29) is 30.6 Å². The summed E-state index contributed by atoms with van der Waals surface area (Å²) in [6, 6.07) is 0. The van der Waals surface area contributed by atoms with Crippen molar-refractivity contribution in [3.05, 3.63) is 0 Å². The van der Waals surface area contributed by atoms with E-state index in [2.05, 4.69) is 0 Å². The van der Waals surface area contributed by atoms with Gasteiger partial charge in [0.2, 0.25) is 0 Å². The van der Waals surface area contributed by atoms with E-state index in [1.165, 1.54) is 0 Å². The van der Waals surface area contributed by atoms with Crippen LogP contribution < -0.4 is 0 Å². The number of carbonyl (C=O) groups is 2. The molecule has 1 N–H and O–H groups in total. The van der Waals surface area contributed by atoms with E-state index in [1.807, 2.05) is 0 Å². The first-order valence-electron chi connectivity index (χ1n) is 4.23. The van der Waals surface area contributed by atoms with E-state index < -0.39 is 6.29 Å². The third-order valence-corrected chi connectivity index (χ3v) is 1.79. The molecule has 0 aromatic heterocycles. The van der Waals surface area contributed by atoms with Gasteiger partial charge in [0.1, 0.15) is 0 Å². The normalized spacial score (nSPS) is 20.2. The molecule has 2 amide bonds. The van der Waals surface area contributed by atoms with Gasteiger partial charge in [-0.05, 0) is 0 Å². The van der Waals surface area contributed by atoms with Gasteiger partial charge in [-0.3, -0.25) is 9.59 Å². The van der Waals surface area contributed by atoms with Gasteiger partial charge in [-0.1, -0.05) is 13.8 Å². The quantitative estimate of drug-likeness (QED) is 0.500. The van der Waals surface area contributed by atoms with Gasteiger partial charge >= 0.3 is 0 Å². The van der Waals surface area contributed by atoms with Crippen molar-refractivity contribution in [2.45, 2.75) is 33.0 Å². The van der Waals surface area contributed by atoms with Crippen LogP contribution in [0.15, 0.2) is 0 Å². The van der Waals surface area contributed by atoms with Gasteiger partial charge in [0.25, 0.3) is 11.8 Å². The first-order valence-corrected chi connectivity index (χ1v) is 4.23. The zero-order valence-electron chi connectivity index (χ0n) is 7.69. The lowest BCUT2D eigenvalue weighted by Gasteiger charge is -2.20. The van der Waals surface area contributed by atoms with E-state index in [1.54, 1.807) is 13.8 Å². The number of amides is 2. The predicted molar refractivity (Wildman–Crippen MR) is 43.0 cm³/mol. The highest BCUT2D eigenvalue weighted by Crippen LogP contribution is 2.15. The Morgan fingerprint density at radius 2 is 1.77 bits per heavy atom. The fraction of sp³-hybridized carbons (Fsp3) is 0.750. The van der Waals surface area contributed by atoms with Crippen LogP contribution in [0.3, 0.4) is 0 Å². The summed E-state index contributed by atoms with van der Waals surface area (Å²) < 4.78 is 0. The molecule has 5 nitrogen and oxygen atoms in total. The van der Waals surface area contributed by atoms with Gasteiger partial charge in [0.05, 0.1) is 0 Å². The zero-order chi connectivity index (χ0) is 10.0. The molecule has 0 aliphatic carbocycles. The Morgan fingerprint density at radius 3 is 2.15 bits per heavy atom. The molecule has 0 aromatic carbocycles. The van der Waals surface area contributed by atoms with Crippen LogP contribution in [0.2, 0.25) is 0 Å². The first kappa shape index (κ1) is 10.1. The number of hydrogen-bond donors (Lipinski definition) is 1. The molecule has 13 heavy (non-hydrogen) atoms. The molecule has 0 saturated carbocycles. The van der Waals surface area contributed by atoms with E-state index in [4.69, 9.17) is 4.84 Å². The second kappa shape index (κ2) is 3.85. The average molecular weight is 187 g/mol. The van der Waals surface area contributed by atoms with Crippen LogP contribution >= 0.6 is 0 Å². The molecule has 0 radical (unpaired) electrons. The summed E-state index contributed by atoms with van der Waals surface area (Å²) in [5.74, 6) is -0.921. The Morgan fingerprint density at radius 1 is 1.31 bits per heavy atom. The van der Waals surface area contributed by atoms with Crippen LogP contribution in [-0.2, 0) is 14.4 Å². The van der Waals surface area contributed by atoms with Crippen LogP contribution in [0.5, 0.6) is 0 Å². The maximum atomic E-state index is 11.0. The molecule has 1 unspecified atom stereocenters. The van der Waals surface area contributed by atoms with Gasteiger partial charge in [0, 0.05) is 18.8 Å². The fourth-order valence-corrected chi connectivity index (χ4v) is 0.903. The van der Waals surface area contributed by atoms with Gasteiger partial charge < -0.3 is 5.11 Å². The lowest BCUT2D eigenvalue weighted by Crippen LogP contribution is -2.36. The largest absolute Gasteiger partial charge is 0.366 e. The molecule has 1 aliphatic heterocycles. The molecule has 1 atom stereocenters. The zero-order valence-corrected chi connectivity index (χ0v) is 7.69. The molecule has 1 rings (SSSR count). The Hall–Kier alpha value is -0.940. The van der Waals surface area contributed by atoms with E-state index >= 15 is 0 Å². The molecule has 1 heterocycles. The highest BCUT2D eigenvalue weighted by molar-refractivity contribution is 6.00. The Balaban J connectivity index is 2.52. The third-order valence-electron chi connectivity index (χ3n) is 1.79. The number of hydrogen-bond acceptors (Lipinski definition) is 4. The van der Waals surface area contributed by atoms with Crippen molar-refractivity contribution < 1.29 is 19.5 Å². The van der Waals surface area contributed by atoms with Crippen molar-refractivity contribution in [1.29, 1.82) is 0 Å². The Labute approximate surface area is 76.2 Å². The molecule has 1 fully saturated rings. The van der Waals surface area contributed by atoms with Crippen LogP contribution in [-0.4, -0.2) is 28.3 Å². The van der Waals surface area contributed by atoms with Crippen LogP contribution in [0.25, 0.3) is 0 Å². The number of aliphatic hydroxyl groups is 1. The minimum atomic E-state index is -1.11. The van der Waals surface area contributed by atoms with Crippen molar-refractivity contribution in [2.75, 3.05) is 0 Å².